The van der Waals surface area contributed by atoms with Crippen molar-refractivity contribution in [3.8, 4) is 0 Å². The van der Waals surface area contributed by atoms with Crippen molar-refractivity contribution in [2.75, 3.05) is 6.54 Å². The third kappa shape index (κ3) is 8.18. The Hall–Kier alpha value is -1.13. The highest BCUT2D eigenvalue weighted by atomic mass is 127. The molecular weight excluding hydrogens is 541 g/mol. The van der Waals surface area contributed by atoms with Crippen LogP contribution in [0.15, 0.2) is 51.2 Å². The number of carbonyl (C=O) groups excluding carboxylic acids is 1. The van der Waals surface area contributed by atoms with Crippen molar-refractivity contribution in [1.82, 2.24) is 8.85 Å². The number of amides is 1. The van der Waals surface area contributed by atoms with Crippen molar-refractivity contribution in [2.24, 2.45) is 4.99 Å². The van der Waals surface area contributed by atoms with Crippen LogP contribution in [0, 0.1) is 0 Å². The van der Waals surface area contributed by atoms with Crippen molar-refractivity contribution in [2.45, 2.75) is 38.8 Å². The van der Waals surface area contributed by atoms with Gasteiger partial charge in [-0.2, -0.15) is 0 Å². The fraction of sp³-hybridized carbons (Fsp3) is 0.368. The SMILES string of the molecule is CC(C)(C)OC(=O)NCC(Cc1ccccc1)N=C(NI)c1ccc(Br)s1. The summed E-state index contributed by atoms with van der Waals surface area (Å²) in [6.45, 7) is 5.93. The summed E-state index contributed by atoms with van der Waals surface area (Å²) < 4.78 is 9.52. The summed E-state index contributed by atoms with van der Waals surface area (Å²) in [7, 11) is 0. The quantitative estimate of drug-likeness (QED) is 0.216. The van der Waals surface area contributed by atoms with E-state index in [0.717, 1.165) is 20.1 Å². The van der Waals surface area contributed by atoms with Crippen molar-refractivity contribution < 1.29 is 9.53 Å². The lowest BCUT2D eigenvalue weighted by molar-refractivity contribution is 0.0524. The molecule has 2 aromatic rings. The van der Waals surface area contributed by atoms with Crippen LogP contribution in [0.2, 0.25) is 0 Å². The summed E-state index contributed by atoms with van der Waals surface area (Å²) in [5, 5.41) is 2.84. The second-order valence-corrected chi connectivity index (χ2v) is 9.90. The molecule has 1 unspecified atom stereocenters. The summed E-state index contributed by atoms with van der Waals surface area (Å²) in [6.07, 6.45) is 0.281. The first-order valence-corrected chi connectivity index (χ1v) is 11.2. The molecule has 8 heteroatoms. The molecule has 0 saturated heterocycles. The van der Waals surface area contributed by atoms with E-state index >= 15 is 0 Å². The predicted molar refractivity (Wildman–Crippen MR) is 124 cm³/mol. The van der Waals surface area contributed by atoms with Gasteiger partial charge in [0.25, 0.3) is 0 Å². The van der Waals surface area contributed by atoms with E-state index in [1.807, 2.05) is 51.1 Å². The van der Waals surface area contributed by atoms with E-state index in [-0.39, 0.29) is 6.04 Å². The molecule has 27 heavy (non-hydrogen) atoms. The molecular formula is C19H23BrIN3O2S. The first kappa shape index (κ1) is 22.2. The number of thiophene rings is 1. The molecule has 2 N–H and O–H groups in total. The maximum absolute atomic E-state index is 12.0. The Bertz CT molecular complexity index is 775. The minimum absolute atomic E-state index is 0.127. The number of carbonyl (C=O) groups is 1. The number of ether oxygens (including phenoxy) is 1. The van der Waals surface area contributed by atoms with Gasteiger partial charge in [-0.25, -0.2) is 4.79 Å². The van der Waals surface area contributed by atoms with Crippen molar-refractivity contribution >= 4 is 62.1 Å². The average Bonchev–Trinajstić information content (AvgIpc) is 3.03. The predicted octanol–water partition coefficient (Wildman–Crippen LogP) is 5.33. The van der Waals surface area contributed by atoms with E-state index in [1.165, 1.54) is 0 Å². The van der Waals surface area contributed by atoms with E-state index in [9.17, 15) is 4.79 Å². The molecule has 1 amide bonds. The number of hydrogen-bond donors (Lipinski definition) is 2. The molecule has 0 fully saturated rings. The van der Waals surface area contributed by atoms with Crippen LogP contribution in [-0.2, 0) is 11.2 Å². The fourth-order valence-electron chi connectivity index (χ4n) is 2.32. The highest BCUT2D eigenvalue weighted by Crippen LogP contribution is 2.23. The van der Waals surface area contributed by atoms with E-state index < -0.39 is 11.7 Å². The van der Waals surface area contributed by atoms with Gasteiger partial charge in [0, 0.05) is 6.54 Å². The van der Waals surface area contributed by atoms with Crippen LogP contribution in [0.4, 0.5) is 4.79 Å². The van der Waals surface area contributed by atoms with Gasteiger partial charge in [0.1, 0.15) is 11.4 Å². The van der Waals surface area contributed by atoms with Crippen LogP contribution in [-0.4, -0.2) is 30.1 Å². The van der Waals surface area contributed by atoms with Crippen LogP contribution in [0.3, 0.4) is 0 Å². The van der Waals surface area contributed by atoms with E-state index in [2.05, 4.69) is 59.8 Å². The third-order valence-corrected chi connectivity index (χ3v) is 5.54. The molecule has 0 aliphatic carbocycles. The normalized spacial score (nSPS) is 13.1. The summed E-state index contributed by atoms with van der Waals surface area (Å²) in [5.74, 6) is 0.790. The Morgan fingerprint density at radius 2 is 1.96 bits per heavy atom. The molecule has 0 aliphatic rings. The first-order valence-electron chi connectivity index (χ1n) is 8.48. The first-order chi connectivity index (χ1) is 12.8. The van der Waals surface area contributed by atoms with Crippen molar-refractivity contribution in [3.05, 3.63) is 56.7 Å². The molecule has 1 aromatic heterocycles. The van der Waals surface area contributed by atoms with Gasteiger partial charge in [0.05, 0.1) is 37.6 Å². The lowest BCUT2D eigenvalue weighted by Crippen LogP contribution is -2.37. The van der Waals surface area contributed by atoms with Crippen molar-refractivity contribution in [3.63, 3.8) is 0 Å². The van der Waals surface area contributed by atoms with Gasteiger partial charge in [-0.05, 0) is 60.8 Å². The smallest absolute Gasteiger partial charge is 0.407 e. The Labute approximate surface area is 186 Å². The highest BCUT2D eigenvalue weighted by molar-refractivity contribution is 14.1. The molecule has 1 atom stereocenters. The molecule has 0 saturated carbocycles. The number of hydrogen-bond acceptors (Lipinski definition) is 4. The number of amidine groups is 1. The van der Waals surface area contributed by atoms with Gasteiger partial charge in [0.15, 0.2) is 0 Å². The van der Waals surface area contributed by atoms with Crippen LogP contribution < -0.4 is 8.85 Å². The lowest BCUT2D eigenvalue weighted by atomic mass is 10.1. The zero-order valence-corrected chi connectivity index (χ0v) is 20.0. The minimum atomic E-state index is -0.527. The Kier molecular flexibility index (Phi) is 8.56. The number of alkyl carbamates (subject to hydrolysis) is 1. The Morgan fingerprint density at radius 1 is 1.26 bits per heavy atom. The van der Waals surface area contributed by atoms with Crippen LogP contribution in [0.5, 0.6) is 0 Å². The zero-order valence-electron chi connectivity index (χ0n) is 15.5. The number of halogens is 2. The molecule has 5 nitrogen and oxygen atoms in total. The van der Waals surface area contributed by atoms with Crippen LogP contribution in [0.1, 0.15) is 31.2 Å². The lowest BCUT2D eigenvalue weighted by Gasteiger charge is -2.21. The minimum Gasteiger partial charge on any atom is -0.444 e. The van der Waals surface area contributed by atoms with Crippen LogP contribution >= 0.6 is 50.1 Å². The molecule has 1 aromatic carbocycles. The van der Waals surface area contributed by atoms with Gasteiger partial charge in [-0.3, -0.25) is 4.99 Å². The maximum atomic E-state index is 12.0. The number of nitrogens with zero attached hydrogens (tertiary/aromatic N) is 1. The van der Waals surface area contributed by atoms with Gasteiger partial charge in [-0.15, -0.1) is 11.3 Å². The van der Waals surface area contributed by atoms with Gasteiger partial charge < -0.3 is 13.6 Å². The average molecular weight is 564 g/mol. The van der Waals surface area contributed by atoms with Gasteiger partial charge >= 0.3 is 6.09 Å². The number of aliphatic imine (C=N–C) groups is 1. The Morgan fingerprint density at radius 3 is 2.52 bits per heavy atom. The third-order valence-electron chi connectivity index (χ3n) is 3.40. The van der Waals surface area contributed by atoms with E-state index in [0.29, 0.717) is 13.0 Å². The fourth-order valence-corrected chi connectivity index (χ4v) is 4.27. The van der Waals surface area contributed by atoms with Crippen LogP contribution in [0.25, 0.3) is 0 Å². The second-order valence-electron chi connectivity index (χ2n) is 6.90. The summed E-state index contributed by atoms with van der Waals surface area (Å²) in [6, 6.07) is 14.0. The second kappa shape index (κ2) is 10.4. The van der Waals surface area contributed by atoms with E-state index in [4.69, 9.17) is 9.73 Å². The number of rotatable bonds is 6. The standard InChI is InChI=1S/C19H23BrIN3O2S/c1-19(2,3)26-18(25)22-12-14(11-13-7-5-4-6-8-13)23-17(24-21)15-9-10-16(20)27-15/h4-10,14H,11-12H2,1-3H3,(H,22,25)(H,23,24). The summed E-state index contributed by atoms with van der Waals surface area (Å²) in [4.78, 5) is 17.9. The topological polar surface area (TPSA) is 62.7 Å². The number of benzene rings is 1. The molecule has 0 bridgehead atoms. The molecule has 0 radical (unpaired) electrons. The summed E-state index contributed by atoms with van der Waals surface area (Å²) in [5.41, 5.74) is 0.637. The van der Waals surface area contributed by atoms with Gasteiger partial charge in [0.2, 0.25) is 0 Å². The maximum Gasteiger partial charge on any atom is 0.407 e. The highest BCUT2D eigenvalue weighted by Gasteiger charge is 2.18. The molecule has 0 aliphatic heterocycles. The Balaban J connectivity index is 2.15. The largest absolute Gasteiger partial charge is 0.444 e. The number of nitrogens with one attached hydrogen (secondary N) is 2. The molecule has 0 spiro atoms. The molecule has 1 heterocycles. The van der Waals surface area contributed by atoms with E-state index in [1.54, 1.807) is 11.3 Å². The zero-order chi connectivity index (χ0) is 19.9. The van der Waals surface area contributed by atoms with Crippen molar-refractivity contribution in [1.29, 1.82) is 0 Å². The molecule has 2 rings (SSSR count). The molecule has 146 valence electrons. The summed E-state index contributed by atoms with van der Waals surface area (Å²) >= 11 is 7.18. The monoisotopic (exact) mass is 563 g/mol. The van der Waals surface area contributed by atoms with Gasteiger partial charge in [-0.1, -0.05) is 30.3 Å².